The summed E-state index contributed by atoms with van der Waals surface area (Å²) in [6, 6.07) is 13.5. The maximum Gasteiger partial charge on any atom is 0.266 e. The van der Waals surface area contributed by atoms with Gasteiger partial charge in [0.25, 0.3) is 11.8 Å². The van der Waals surface area contributed by atoms with Crippen molar-refractivity contribution < 1.29 is 14.4 Å². The minimum absolute atomic E-state index is 0.0930. The highest BCUT2D eigenvalue weighted by Crippen LogP contribution is 2.29. The number of nitrogens with zero attached hydrogens (tertiary/aromatic N) is 1. The molecule has 0 radical (unpaired) electrons. The van der Waals surface area contributed by atoms with Crippen LogP contribution in [0.2, 0.25) is 0 Å². The summed E-state index contributed by atoms with van der Waals surface area (Å²) in [5.74, 6) is -0.531. The zero-order valence-corrected chi connectivity index (χ0v) is 13.6. The Hall–Kier alpha value is -2.95. The minimum Gasteiger partial charge on any atom is -0.326 e. The second-order valence-corrected chi connectivity index (χ2v) is 6.19. The first-order valence-electron chi connectivity index (χ1n) is 7.85. The molecular formula is C19H18N2O3. The summed E-state index contributed by atoms with van der Waals surface area (Å²) in [6.45, 7) is 3.93. The molecule has 3 amide bonds. The standard InChI is InChI=1S/C19H18N2O3/c1-12(2)10-17(22)20-13-6-5-7-14(11-13)21-18(23)15-8-3-4-9-16(15)19(21)24/h3-9,11-12H,10H2,1-2H3,(H,20,22). The first-order valence-corrected chi connectivity index (χ1v) is 7.85. The Balaban J connectivity index is 1.86. The number of anilines is 2. The Morgan fingerprint density at radius 3 is 2.21 bits per heavy atom. The van der Waals surface area contributed by atoms with Crippen LogP contribution in [0.25, 0.3) is 0 Å². The second-order valence-electron chi connectivity index (χ2n) is 6.19. The SMILES string of the molecule is CC(C)CC(=O)Nc1cccc(N2C(=O)c3ccccc3C2=O)c1. The van der Waals surface area contributed by atoms with Crippen LogP contribution in [-0.2, 0) is 4.79 Å². The van der Waals surface area contributed by atoms with E-state index in [0.29, 0.717) is 28.9 Å². The molecule has 0 saturated heterocycles. The summed E-state index contributed by atoms with van der Waals surface area (Å²) in [7, 11) is 0. The lowest BCUT2D eigenvalue weighted by Gasteiger charge is -2.15. The fourth-order valence-electron chi connectivity index (χ4n) is 2.73. The average Bonchev–Trinajstić information content (AvgIpc) is 2.79. The maximum absolute atomic E-state index is 12.5. The third-order valence-corrected chi connectivity index (χ3v) is 3.78. The van der Waals surface area contributed by atoms with Gasteiger partial charge in [-0.1, -0.05) is 32.0 Å². The number of amides is 3. The van der Waals surface area contributed by atoms with E-state index in [4.69, 9.17) is 0 Å². The molecule has 0 saturated carbocycles. The van der Waals surface area contributed by atoms with Gasteiger partial charge in [0.05, 0.1) is 16.8 Å². The molecule has 0 atom stereocenters. The number of carbonyl (C=O) groups excluding carboxylic acids is 3. The van der Waals surface area contributed by atoms with E-state index in [1.807, 2.05) is 13.8 Å². The molecule has 0 bridgehead atoms. The van der Waals surface area contributed by atoms with Gasteiger partial charge in [-0.05, 0) is 36.2 Å². The Labute approximate surface area is 140 Å². The van der Waals surface area contributed by atoms with Gasteiger partial charge in [-0.25, -0.2) is 4.90 Å². The van der Waals surface area contributed by atoms with Crippen molar-refractivity contribution in [2.75, 3.05) is 10.2 Å². The van der Waals surface area contributed by atoms with Gasteiger partial charge in [0, 0.05) is 12.1 Å². The Kier molecular flexibility index (Phi) is 4.16. The van der Waals surface area contributed by atoms with Gasteiger partial charge in [-0.3, -0.25) is 14.4 Å². The van der Waals surface area contributed by atoms with Crippen molar-refractivity contribution in [2.24, 2.45) is 5.92 Å². The molecule has 1 aliphatic heterocycles. The van der Waals surface area contributed by atoms with E-state index >= 15 is 0 Å². The predicted octanol–water partition coefficient (Wildman–Crippen LogP) is 3.47. The average molecular weight is 322 g/mol. The summed E-state index contributed by atoms with van der Waals surface area (Å²) in [5.41, 5.74) is 1.81. The maximum atomic E-state index is 12.5. The van der Waals surface area contributed by atoms with Gasteiger partial charge in [0.2, 0.25) is 5.91 Å². The summed E-state index contributed by atoms with van der Waals surface area (Å²) >= 11 is 0. The van der Waals surface area contributed by atoms with Crippen molar-refractivity contribution in [2.45, 2.75) is 20.3 Å². The Bertz CT molecular complexity index is 792. The molecule has 5 heteroatoms. The fraction of sp³-hybridized carbons (Fsp3) is 0.211. The topological polar surface area (TPSA) is 66.5 Å². The van der Waals surface area contributed by atoms with Crippen molar-refractivity contribution in [3.8, 4) is 0 Å². The highest BCUT2D eigenvalue weighted by Gasteiger charge is 2.36. The molecule has 0 spiro atoms. The second kappa shape index (κ2) is 6.28. The quantitative estimate of drug-likeness (QED) is 0.877. The molecule has 3 rings (SSSR count). The first-order chi connectivity index (χ1) is 11.5. The van der Waals surface area contributed by atoms with E-state index in [9.17, 15) is 14.4 Å². The van der Waals surface area contributed by atoms with Crippen LogP contribution in [0.3, 0.4) is 0 Å². The predicted molar refractivity (Wildman–Crippen MR) is 92.1 cm³/mol. The third kappa shape index (κ3) is 2.93. The molecule has 1 aliphatic rings. The monoisotopic (exact) mass is 322 g/mol. The van der Waals surface area contributed by atoms with Gasteiger partial charge >= 0.3 is 0 Å². The summed E-state index contributed by atoms with van der Waals surface area (Å²) in [6.07, 6.45) is 0.414. The number of benzene rings is 2. The largest absolute Gasteiger partial charge is 0.326 e. The number of hydrogen-bond acceptors (Lipinski definition) is 3. The van der Waals surface area contributed by atoms with E-state index < -0.39 is 0 Å². The van der Waals surface area contributed by atoms with Crippen molar-refractivity contribution in [3.05, 3.63) is 59.7 Å². The fourth-order valence-corrected chi connectivity index (χ4v) is 2.73. The molecule has 0 unspecified atom stereocenters. The molecule has 1 heterocycles. The van der Waals surface area contributed by atoms with E-state index in [2.05, 4.69) is 5.32 Å². The highest BCUT2D eigenvalue weighted by molar-refractivity contribution is 6.34. The Morgan fingerprint density at radius 2 is 1.62 bits per heavy atom. The van der Waals surface area contributed by atoms with E-state index in [1.54, 1.807) is 48.5 Å². The van der Waals surface area contributed by atoms with Crippen molar-refractivity contribution >= 4 is 29.1 Å². The lowest BCUT2D eigenvalue weighted by atomic mass is 10.1. The van der Waals surface area contributed by atoms with Crippen LogP contribution in [-0.4, -0.2) is 17.7 Å². The smallest absolute Gasteiger partial charge is 0.266 e. The van der Waals surface area contributed by atoms with Gasteiger partial charge < -0.3 is 5.32 Å². The minimum atomic E-state index is -0.346. The van der Waals surface area contributed by atoms with Gasteiger partial charge in [-0.2, -0.15) is 0 Å². The van der Waals surface area contributed by atoms with E-state index in [1.165, 1.54) is 0 Å². The Morgan fingerprint density at radius 1 is 1.00 bits per heavy atom. The number of rotatable bonds is 4. The van der Waals surface area contributed by atoms with Gasteiger partial charge in [0.15, 0.2) is 0 Å². The number of nitrogens with one attached hydrogen (secondary N) is 1. The number of fused-ring (bicyclic) bond motifs is 1. The molecule has 24 heavy (non-hydrogen) atoms. The van der Waals surface area contributed by atoms with Gasteiger partial charge in [-0.15, -0.1) is 0 Å². The van der Waals surface area contributed by atoms with Crippen LogP contribution >= 0.6 is 0 Å². The van der Waals surface area contributed by atoms with Crippen LogP contribution in [0.5, 0.6) is 0 Å². The van der Waals surface area contributed by atoms with Crippen molar-refractivity contribution in [3.63, 3.8) is 0 Å². The normalized spacial score (nSPS) is 13.4. The highest BCUT2D eigenvalue weighted by atomic mass is 16.2. The third-order valence-electron chi connectivity index (χ3n) is 3.78. The molecule has 122 valence electrons. The molecule has 0 aromatic heterocycles. The van der Waals surface area contributed by atoms with Crippen LogP contribution in [0, 0.1) is 5.92 Å². The van der Waals surface area contributed by atoms with Crippen molar-refractivity contribution in [1.82, 2.24) is 0 Å². The molecule has 2 aromatic rings. The molecule has 0 fully saturated rings. The zero-order chi connectivity index (χ0) is 17.3. The van der Waals surface area contributed by atoms with Crippen molar-refractivity contribution in [1.29, 1.82) is 0 Å². The number of hydrogen-bond donors (Lipinski definition) is 1. The van der Waals surface area contributed by atoms with Crippen LogP contribution in [0.1, 0.15) is 41.0 Å². The van der Waals surface area contributed by atoms with Gasteiger partial charge in [0.1, 0.15) is 0 Å². The summed E-state index contributed by atoms with van der Waals surface area (Å²) < 4.78 is 0. The molecule has 2 aromatic carbocycles. The number of carbonyl (C=O) groups is 3. The molecule has 5 nitrogen and oxygen atoms in total. The lowest BCUT2D eigenvalue weighted by molar-refractivity contribution is -0.116. The van der Waals surface area contributed by atoms with E-state index in [-0.39, 0.29) is 23.6 Å². The van der Waals surface area contributed by atoms with Crippen LogP contribution < -0.4 is 10.2 Å². The van der Waals surface area contributed by atoms with Crippen LogP contribution in [0.15, 0.2) is 48.5 Å². The first kappa shape index (κ1) is 15.9. The zero-order valence-electron chi connectivity index (χ0n) is 13.6. The van der Waals surface area contributed by atoms with Crippen LogP contribution in [0.4, 0.5) is 11.4 Å². The lowest BCUT2D eigenvalue weighted by Crippen LogP contribution is -2.29. The number of imide groups is 1. The van der Waals surface area contributed by atoms with E-state index in [0.717, 1.165) is 4.90 Å². The summed E-state index contributed by atoms with van der Waals surface area (Å²) in [5, 5.41) is 2.80. The molecule has 0 aliphatic carbocycles. The summed E-state index contributed by atoms with van der Waals surface area (Å²) in [4.78, 5) is 38.1. The molecular weight excluding hydrogens is 304 g/mol. The molecule has 1 N–H and O–H groups in total.